The number of amides is 1. The standard InChI is InChI=1S/C29H29NO9/c31-24-11-15-9-10-16(12-22(15)38-24)37-28-27(34)26(33)25(32)23(39-28)13-30-29(35)36-14-21-19-7-3-1-5-17(19)18-6-2-4-8-20(18)21/h1-11,16,21-23,25-28,32-34H,12-14H2,(H,30,35)/t16-,22-,23-,25+,26+,27-,28-/m1/s1. The summed E-state index contributed by atoms with van der Waals surface area (Å²) in [6, 6.07) is 16.0. The van der Waals surface area contributed by atoms with Crippen LogP contribution in [0.25, 0.3) is 11.1 Å². The van der Waals surface area contributed by atoms with Crippen molar-refractivity contribution in [3.8, 4) is 11.1 Å². The summed E-state index contributed by atoms with van der Waals surface area (Å²) < 4.78 is 22.3. The number of aliphatic hydroxyl groups is 3. The molecule has 0 unspecified atom stereocenters. The van der Waals surface area contributed by atoms with Gasteiger partial charge >= 0.3 is 12.1 Å². The van der Waals surface area contributed by atoms with Gasteiger partial charge in [0.2, 0.25) is 0 Å². The number of alkyl carbamates (subject to hydrolysis) is 1. The third-order valence-corrected chi connectivity index (χ3v) is 7.63. The van der Waals surface area contributed by atoms with E-state index >= 15 is 0 Å². The van der Waals surface area contributed by atoms with E-state index in [0.29, 0.717) is 6.42 Å². The molecule has 0 spiro atoms. The molecule has 2 heterocycles. The maximum atomic E-state index is 12.6. The van der Waals surface area contributed by atoms with Crippen LogP contribution in [0.4, 0.5) is 4.79 Å². The van der Waals surface area contributed by atoms with Gasteiger partial charge in [0.15, 0.2) is 6.29 Å². The Balaban J connectivity index is 1.04. The number of nitrogens with one attached hydrogen (secondary N) is 1. The molecule has 1 saturated heterocycles. The molecular weight excluding hydrogens is 506 g/mol. The van der Waals surface area contributed by atoms with Crippen molar-refractivity contribution in [1.29, 1.82) is 0 Å². The predicted octanol–water partition coefficient (Wildman–Crippen LogP) is 1.53. The molecule has 0 bridgehead atoms. The van der Waals surface area contributed by atoms with Gasteiger partial charge in [-0.15, -0.1) is 0 Å². The summed E-state index contributed by atoms with van der Waals surface area (Å²) in [4.78, 5) is 24.1. The highest BCUT2D eigenvalue weighted by atomic mass is 16.7. The van der Waals surface area contributed by atoms with Crippen LogP contribution < -0.4 is 5.32 Å². The van der Waals surface area contributed by atoms with Crippen molar-refractivity contribution < 1.29 is 43.9 Å². The zero-order valence-electron chi connectivity index (χ0n) is 20.9. The number of benzene rings is 2. The zero-order chi connectivity index (χ0) is 27.1. The average Bonchev–Trinajstić information content (AvgIpc) is 3.48. The van der Waals surface area contributed by atoms with Gasteiger partial charge in [-0.3, -0.25) is 0 Å². The van der Waals surface area contributed by atoms with Crippen LogP contribution in [0.1, 0.15) is 23.5 Å². The Morgan fingerprint density at radius 2 is 1.67 bits per heavy atom. The lowest BCUT2D eigenvalue weighted by molar-refractivity contribution is -0.303. The molecule has 39 heavy (non-hydrogen) atoms. The monoisotopic (exact) mass is 535 g/mol. The van der Waals surface area contributed by atoms with Crippen LogP contribution in [-0.2, 0) is 23.7 Å². The molecule has 6 rings (SSSR count). The van der Waals surface area contributed by atoms with Gasteiger partial charge in [0.05, 0.1) is 6.10 Å². The second kappa shape index (κ2) is 10.6. The lowest BCUT2D eigenvalue weighted by Gasteiger charge is -2.41. The molecule has 1 amide bonds. The molecule has 4 N–H and O–H groups in total. The normalized spacial score (nSPS) is 31.1. The number of esters is 1. The van der Waals surface area contributed by atoms with Crippen molar-refractivity contribution in [1.82, 2.24) is 5.32 Å². The minimum Gasteiger partial charge on any atom is -0.454 e. The van der Waals surface area contributed by atoms with Crippen molar-refractivity contribution in [2.45, 2.75) is 55.3 Å². The van der Waals surface area contributed by atoms with Crippen LogP contribution in [-0.4, -0.2) is 83.4 Å². The Kier molecular flexibility index (Phi) is 6.96. The molecule has 204 valence electrons. The number of carbonyl (C=O) groups excluding carboxylic acids is 2. The Morgan fingerprint density at radius 1 is 0.974 bits per heavy atom. The molecule has 2 aliphatic carbocycles. The van der Waals surface area contributed by atoms with Crippen LogP contribution >= 0.6 is 0 Å². The number of rotatable bonds is 6. The summed E-state index contributed by atoms with van der Waals surface area (Å²) in [5.41, 5.74) is 5.14. The molecule has 10 heteroatoms. The quantitative estimate of drug-likeness (QED) is 0.405. The van der Waals surface area contributed by atoms with E-state index in [1.165, 1.54) is 6.08 Å². The molecule has 2 aromatic rings. The van der Waals surface area contributed by atoms with Crippen LogP contribution in [0.2, 0.25) is 0 Å². The molecule has 7 atom stereocenters. The van der Waals surface area contributed by atoms with Crippen molar-refractivity contribution in [3.05, 3.63) is 83.5 Å². The van der Waals surface area contributed by atoms with Gasteiger partial charge in [-0.2, -0.15) is 0 Å². The smallest absolute Gasteiger partial charge is 0.407 e. The Morgan fingerprint density at radius 3 is 2.38 bits per heavy atom. The van der Waals surface area contributed by atoms with Crippen LogP contribution in [0, 0.1) is 0 Å². The first kappa shape index (κ1) is 25.7. The first-order chi connectivity index (χ1) is 18.9. The number of hydrogen-bond acceptors (Lipinski definition) is 9. The van der Waals surface area contributed by atoms with Crippen molar-refractivity contribution in [3.63, 3.8) is 0 Å². The summed E-state index contributed by atoms with van der Waals surface area (Å²) in [5, 5.41) is 33.9. The SMILES string of the molecule is O=C1C=C2C=C[C@@H](O[C@@H]3O[C@H](CNC(=O)OCC4c5ccccc5-c5ccccc54)[C@H](O)[C@H](O)[C@H]3O)C[C@H]2O1. The van der Waals surface area contributed by atoms with Crippen LogP contribution in [0.3, 0.4) is 0 Å². The maximum absolute atomic E-state index is 12.6. The van der Waals surface area contributed by atoms with E-state index in [-0.39, 0.29) is 19.1 Å². The molecular formula is C29H29NO9. The second-order valence-electron chi connectivity index (χ2n) is 10.1. The van der Waals surface area contributed by atoms with Gasteiger partial charge in [-0.25, -0.2) is 9.59 Å². The second-order valence-corrected chi connectivity index (χ2v) is 10.1. The van der Waals surface area contributed by atoms with Crippen molar-refractivity contribution >= 4 is 12.1 Å². The summed E-state index contributed by atoms with van der Waals surface area (Å²) in [5.74, 6) is -0.528. The number of fused-ring (bicyclic) bond motifs is 4. The summed E-state index contributed by atoms with van der Waals surface area (Å²) in [7, 11) is 0. The van der Waals surface area contributed by atoms with E-state index in [9.17, 15) is 24.9 Å². The van der Waals surface area contributed by atoms with Gasteiger partial charge < -0.3 is 39.6 Å². The summed E-state index contributed by atoms with van der Waals surface area (Å²) in [6.07, 6.45) is -3.47. The fourth-order valence-corrected chi connectivity index (χ4v) is 5.62. The first-order valence-corrected chi connectivity index (χ1v) is 12.9. The van der Waals surface area contributed by atoms with Gasteiger partial charge in [0, 0.05) is 25.0 Å². The molecule has 4 aliphatic rings. The maximum Gasteiger partial charge on any atom is 0.407 e. The highest BCUT2D eigenvalue weighted by molar-refractivity contribution is 5.86. The highest BCUT2D eigenvalue weighted by Crippen LogP contribution is 2.44. The van der Waals surface area contributed by atoms with E-state index in [1.807, 2.05) is 48.5 Å². The molecule has 0 radical (unpaired) electrons. The van der Waals surface area contributed by atoms with Crippen molar-refractivity contribution in [2.75, 3.05) is 13.2 Å². The minimum atomic E-state index is -1.56. The number of hydrogen-bond donors (Lipinski definition) is 4. The third-order valence-electron chi connectivity index (χ3n) is 7.63. The average molecular weight is 536 g/mol. The fraction of sp³-hybridized carbons (Fsp3) is 0.379. The Labute approximate surface area is 224 Å². The minimum absolute atomic E-state index is 0.104. The lowest BCUT2D eigenvalue weighted by atomic mass is 9.96. The number of aliphatic hydroxyl groups excluding tert-OH is 3. The van der Waals surface area contributed by atoms with Gasteiger partial charge in [0.25, 0.3) is 0 Å². The van der Waals surface area contributed by atoms with E-state index in [0.717, 1.165) is 27.8 Å². The molecule has 2 aliphatic heterocycles. The molecule has 1 fully saturated rings. The predicted molar refractivity (Wildman–Crippen MR) is 136 cm³/mol. The zero-order valence-corrected chi connectivity index (χ0v) is 20.9. The van der Waals surface area contributed by atoms with E-state index in [2.05, 4.69) is 5.32 Å². The Bertz CT molecular complexity index is 1280. The molecule has 0 aromatic heterocycles. The Hall–Kier alpha value is -3.54. The summed E-state index contributed by atoms with van der Waals surface area (Å²) >= 11 is 0. The summed E-state index contributed by atoms with van der Waals surface area (Å²) in [6.45, 7) is -0.0632. The molecule has 2 aromatic carbocycles. The number of ether oxygens (including phenoxy) is 4. The van der Waals surface area contributed by atoms with Gasteiger partial charge in [-0.05, 0) is 27.8 Å². The lowest BCUT2D eigenvalue weighted by Crippen LogP contribution is -2.61. The first-order valence-electron chi connectivity index (χ1n) is 12.9. The molecule has 0 saturated carbocycles. The van der Waals surface area contributed by atoms with E-state index < -0.39 is 55.0 Å². The van der Waals surface area contributed by atoms with Crippen molar-refractivity contribution in [2.24, 2.45) is 0 Å². The highest BCUT2D eigenvalue weighted by Gasteiger charge is 2.45. The van der Waals surface area contributed by atoms with Gasteiger partial charge in [0.1, 0.15) is 37.1 Å². The topological polar surface area (TPSA) is 144 Å². The molecule has 10 nitrogen and oxygen atoms in total. The fourth-order valence-electron chi connectivity index (χ4n) is 5.62. The van der Waals surface area contributed by atoms with Crippen LogP contribution in [0.5, 0.6) is 0 Å². The largest absolute Gasteiger partial charge is 0.454 e. The number of carbonyl (C=O) groups is 2. The van der Waals surface area contributed by atoms with E-state index in [1.54, 1.807) is 12.2 Å². The van der Waals surface area contributed by atoms with Crippen LogP contribution in [0.15, 0.2) is 72.3 Å². The van der Waals surface area contributed by atoms with Gasteiger partial charge in [-0.1, -0.05) is 60.7 Å². The third kappa shape index (κ3) is 4.97. The van der Waals surface area contributed by atoms with E-state index in [4.69, 9.17) is 18.9 Å².